The van der Waals surface area contributed by atoms with Crippen LogP contribution in [0.3, 0.4) is 0 Å². The number of carbonyl (C=O) groups excluding carboxylic acids is 1. The van der Waals surface area contributed by atoms with Crippen LogP contribution in [-0.2, 0) is 6.54 Å². The molecule has 0 spiro atoms. The first-order valence-electron chi connectivity index (χ1n) is 8.62. The van der Waals surface area contributed by atoms with E-state index in [1.54, 1.807) is 37.4 Å². The highest BCUT2D eigenvalue weighted by Gasteiger charge is 2.17. The van der Waals surface area contributed by atoms with E-state index in [4.69, 9.17) is 5.26 Å². The minimum Gasteiger partial charge on any atom is -0.369 e. The summed E-state index contributed by atoms with van der Waals surface area (Å²) in [5.41, 5.74) is 2.42. The molecule has 0 unspecified atom stereocenters. The van der Waals surface area contributed by atoms with Crippen molar-refractivity contribution in [1.82, 2.24) is 4.90 Å². The Hall–Kier alpha value is -3.07. The Labute approximate surface area is 152 Å². The molecule has 2 aromatic carbocycles. The molecule has 1 fully saturated rings. The lowest BCUT2D eigenvalue weighted by Crippen LogP contribution is -2.31. The Balaban J connectivity index is 1.63. The molecule has 134 valence electrons. The second kappa shape index (κ2) is 7.87. The Morgan fingerprint density at radius 2 is 2.04 bits per heavy atom. The van der Waals surface area contributed by atoms with Gasteiger partial charge in [0, 0.05) is 32.4 Å². The molecule has 1 N–H and O–H groups in total. The van der Waals surface area contributed by atoms with Gasteiger partial charge in [0.1, 0.15) is 5.82 Å². The van der Waals surface area contributed by atoms with Crippen LogP contribution in [0, 0.1) is 17.1 Å². The lowest BCUT2D eigenvalue weighted by Gasteiger charge is -2.20. The molecule has 2 amide bonds. The van der Waals surface area contributed by atoms with Gasteiger partial charge < -0.3 is 15.1 Å². The van der Waals surface area contributed by atoms with E-state index in [0.29, 0.717) is 23.5 Å². The number of nitrogens with one attached hydrogen (secondary N) is 1. The van der Waals surface area contributed by atoms with Gasteiger partial charge in [-0.1, -0.05) is 12.1 Å². The molecule has 6 heteroatoms. The Kier molecular flexibility index (Phi) is 5.37. The Bertz CT molecular complexity index is 840. The zero-order valence-electron chi connectivity index (χ0n) is 14.7. The number of hydrogen-bond acceptors (Lipinski definition) is 3. The standard InChI is InChI=1S/C20H21FN4O/c1-24(14-16-6-4-5-15(11-16)13-22)20(26)23-17-7-8-19(18(21)12-17)25-9-2-3-10-25/h4-8,11-12H,2-3,9-10,14H2,1H3,(H,23,26). The second-order valence-corrected chi connectivity index (χ2v) is 6.46. The van der Waals surface area contributed by atoms with Gasteiger partial charge in [-0.25, -0.2) is 9.18 Å². The highest BCUT2D eigenvalue weighted by Crippen LogP contribution is 2.26. The average molecular weight is 352 g/mol. The van der Waals surface area contributed by atoms with E-state index >= 15 is 0 Å². The van der Waals surface area contributed by atoms with Crippen LogP contribution in [0.25, 0.3) is 0 Å². The van der Waals surface area contributed by atoms with Crippen molar-refractivity contribution in [3.05, 3.63) is 59.4 Å². The van der Waals surface area contributed by atoms with Crippen molar-refractivity contribution in [1.29, 1.82) is 5.26 Å². The highest BCUT2D eigenvalue weighted by molar-refractivity contribution is 5.89. The molecule has 5 nitrogen and oxygen atoms in total. The van der Waals surface area contributed by atoms with Gasteiger partial charge in [0.25, 0.3) is 0 Å². The van der Waals surface area contributed by atoms with Crippen molar-refractivity contribution < 1.29 is 9.18 Å². The summed E-state index contributed by atoms with van der Waals surface area (Å²) in [7, 11) is 1.66. The maximum absolute atomic E-state index is 14.3. The van der Waals surface area contributed by atoms with E-state index in [1.165, 1.54) is 11.0 Å². The van der Waals surface area contributed by atoms with Gasteiger partial charge in [-0.3, -0.25) is 0 Å². The number of nitrogens with zero attached hydrogens (tertiary/aromatic N) is 3. The molecule has 26 heavy (non-hydrogen) atoms. The van der Waals surface area contributed by atoms with Crippen LogP contribution in [0.15, 0.2) is 42.5 Å². The van der Waals surface area contributed by atoms with Crippen LogP contribution in [0.4, 0.5) is 20.6 Å². The van der Waals surface area contributed by atoms with E-state index in [-0.39, 0.29) is 11.8 Å². The van der Waals surface area contributed by atoms with Crippen molar-refractivity contribution in [2.75, 3.05) is 30.4 Å². The quantitative estimate of drug-likeness (QED) is 0.906. The van der Waals surface area contributed by atoms with Crippen LogP contribution in [-0.4, -0.2) is 31.1 Å². The third kappa shape index (κ3) is 4.12. The molecule has 1 saturated heterocycles. The van der Waals surface area contributed by atoms with E-state index in [2.05, 4.69) is 11.4 Å². The average Bonchev–Trinajstić information content (AvgIpc) is 3.16. The molecule has 0 saturated carbocycles. The summed E-state index contributed by atoms with van der Waals surface area (Å²) in [5, 5.41) is 11.7. The van der Waals surface area contributed by atoms with E-state index in [1.807, 2.05) is 11.0 Å². The zero-order chi connectivity index (χ0) is 18.5. The summed E-state index contributed by atoms with van der Waals surface area (Å²) in [6.45, 7) is 2.09. The topological polar surface area (TPSA) is 59.4 Å². The van der Waals surface area contributed by atoms with Gasteiger partial charge in [0.15, 0.2) is 0 Å². The van der Waals surface area contributed by atoms with Crippen LogP contribution in [0.5, 0.6) is 0 Å². The molecule has 1 heterocycles. The minimum atomic E-state index is -0.333. The van der Waals surface area contributed by atoms with Gasteiger partial charge >= 0.3 is 6.03 Å². The minimum absolute atomic E-state index is 0.325. The van der Waals surface area contributed by atoms with Gasteiger partial charge in [0.2, 0.25) is 0 Å². The maximum Gasteiger partial charge on any atom is 0.321 e. The van der Waals surface area contributed by atoms with Crippen molar-refractivity contribution >= 4 is 17.4 Å². The number of rotatable bonds is 4. The van der Waals surface area contributed by atoms with E-state index in [9.17, 15) is 9.18 Å². The summed E-state index contributed by atoms with van der Waals surface area (Å²) in [4.78, 5) is 15.9. The monoisotopic (exact) mass is 352 g/mol. The van der Waals surface area contributed by atoms with E-state index < -0.39 is 0 Å². The van der Waals surface area contributed by atoms with Gasteiger partial charge in [-0.2, -0.15) is 5.26 Å². The smallest absolute Gasteiger partial charge is 0.321 e. The Morgan fingerprint density at radius 3 is 2.73 bits per heavy atom. The van der Waals surface area contributed by atoms with Crippen molar-refractivity contribution in [2.24, 2.45) is 0 Å². The largest absolute Gasteiger partial charge is 0.369 e. The number of urea groups is 1. The van der Waals surface area contributed by atoms with Crippen LogP contribution >= 0.6 is 0 Å². The summed E-state index contributed by atoms with van der Waals surface area (Å²) < 4.78 is 14.3. The molecule has 0 bridgehead atoms. The fourth-order valence-corrected chi connectivity index (χ4v) is 3.10. The van der Waals surface area contributed by atoms with Crippen molar-refractivity contribution in [3.8, 4) is 6.07 Å². The number of nitriles is 1. The maximum atomic E-state index is 14.3. The number of benzene rings is 2. The van der Waals surface area contributed by atoms with Crippen LogP contribution in [0.1, 0.15) is 24.0 Å². The zero-order valence-corrected chi connectivity index (χ0v) is 14.7. The molecule has 2 aromatic rings. The molecule has 0 aliphatic carbocycles. The fraction of sp³-hybridized carbons (Fsp3) is 0.300. The first-order chi connectivity index (χ1) is 12.6. The number of halogens is 1. The highest BCUT2D eigenvalue weighted by atomic mass is 19.1. The van der Waals surface area contributed by atoms with Crippen molar-refractivity contribution in [2.45, 2.75) is 19.4 Å². The van der Waals surface area contributed by atoms with Gasteiger partial charge in [-0.05, 0) is 48.7 Å². The Morgan fingerprint density at radius 1 is 1.27 bits per heavy atom. The summed E-state index contributed by atoms with van der Waals surface area (Å²) in [6.07, 6.45) is 2.16. The molecule has 0 aromatic heterocycles. The lowest BCUT2D eigenvalue weighted by molar-refractivity contribution is 0.220. The summed E-state index contributed by atoms with van der Waals surface area (Å²) >= 11 is 0. The number of hydrogen-bond donors (Lipinski definition) is 1. The predicted molar refractivity (Wildman–Crippen MR) is 99.5 cm³/mol. The first-order valence-corrected chi connectivity index (χ1v) is 8.62. The predicted octanol–water partition coefficient (Wildman–Crippen LogP) is 3.96. The second-order valence-electron chi connectivity index (χ2n) is 6.46. The van der Waals surface area contributed by atoms with Crippen LogP contribution in [0.2, 0.25) is 0 Å². The molecule has 0 atom stereocenters. The summed E-state index contributed by atoms with van der Waals surface area (Å²) in [5.74, 6) is -0.325. The van der Waals surface area contributed by atoms with Crippen molar-refractivity contribution in [3.63, 3.8) is 0 Å². The molecular weight excluding hydrogens is 331 g/mol. The molecule has 1 aliphatic rings. The molecular formula is C20H21FN4O. The van der Waals surface area contributed by atoms with Gasteiger partial charge in [0.05, 0.1) is 17.3 Å². The number of carbonyl (C=O) groups is 1. The number of anilines is 2. The first kappa shape index (κ1) is 17.7. The lowest BCUT2D eigenvalue weighted by atomic mass is 10.1. The summed E-state index contributed by atoms with van der Waals surface area (Å²) in [6, 6.07) is 13.6. The van der Waals surface area contributed by atoms with Gasteiger partial charge in [-0.15, -0.1) is 0 Å². The van der Waals surface area contributed by atoms with E-state index in [0.717, 1.165) is 31.5 Å². The molecule has 1 aliphatic heterocycles. The normalized spacial score (nSPS) is 13.3. The molecule has 0 radical (unpaired) electrons. The third-order valence-corrected chi connectivity index (χ3v) is 4.47. The SMILES string of the molecule is CN(Cc1cccc(C#N)c1)C(=O)Nc1ccc(N2CCCC2)c(F)c1. The molecule has 3 rings (SSSR count). The third-order valence-electron chi connectivity index (χ3n) is 4.47. The van der Waals surface area contributed by atoms with Crippen LogP contribution < -0.4 is 10.2 Å². The number of amides is 2. The fourth-order valence-electron chi connectivity index (χ4n) is 3.10.